The first-order valence-electron chi connectivity index (χ1n) is 2.30. The maximum Gasteiger partial charge on any atom is 0.0235 e. The average molecular weight is 162 g/mol. The molecule has 0 radical (unpaired) electrons. The van der Waals surface area contributed by atoms with Gasteiger partial charge < -0.3 is 5.73 Å². The summed E-state index contributed by atoms with van der Waals surface area (Å²) in [7, 11) is 0. The molecule has 40 valence electrons. The van der Waals surface area contributed by atoms with Crippen molar-refractivity contribution in [1.29, 1.82) is 0 Å². The molecule has 0 amide bonds. The van der Waals surface area contributed by atoms with Gasteiger partial charge in [0.2, 0.25) is 0 Å². The second kappa shape index (κ2) is 1.51. The minimum atomic E-state index is 0.569. The molecule has 2 unspecified atom stereocenters. The number of nitrogens with two attached hydrogens (primary N) is 1. The van der Waals surface area contributed by atoms with E-state index in [1.54, 1.807) is 0 Å². The molecule has 2 heteroatoms. The molecule has 1 nitrogen and oxygen atoms in total. The predicted molar refractivity (Wildman–Crippen MR) is 34.1 cm³/mol. The van der Waals surface area contributed by atoms with Crippen molar-refractivity contribution >= 4 is 15.9 Å². The number of hydrogen-bond donors (Lipinski definition) is 1. The van der Waals surface area contributed by atoms with Crippen LogP contribution < -0.4 is 5.73 Å². The largest absolute Gasteiger partial charge is 0.402 e. The zero-order valence-corrected chi connectivity index (χ0v) is 5.61. The fourth-order valence-corrected chi connectivity index (χ4v) is 1.29. The van der Waals surface area contributed by atoms with Gasteiger partial charge in [-0.3, -0.25) is 0 Å². The minimum Gasteiger partial charge on any atom is -0.402 e. The Balaban J connectivity index is 2.33. The van der Waals surface area contributed by atoms with E-state index in [0.717, 1.165) is 5.70 Å². The first-order chi connectivity index (χ1) is 3.22. The Hall–Kier alpha value is 0.0200. The van der Waals surface area contributed by atoms with Crippen molar-refractivity contribution in [2.24, 2.45) is 11.7 Å². The quantitative estimate of drug-likeness (QED) is 0.576. The van der Waals surface area contributed by atoms with Gasteiger partial charge in [-0.05, 0) is 6.42 Å². The molecule has 0 aromatic heterocycles. The summed E-state index contributed by atoms with van der Waals surface area (Å²) in [6.07, 6.45) is 1.18. The van der Waals surface area contributed by atoms with Crippen LogP contribution >= 0.6 is 15.9 Å². The maximum absolute atomic E-state index is 5.36. The van der Waals surface area contributed by atoms with E-state index < -0.39 is 0 Å². The van der Waals surface area contributed by atoms with E-state index in [1.807, 2.05) is 0 Å². The summed E-state index contributed by atoms with van der Waals surface area (Å²) < 4.78 is 0. The van der Waals surface area contributed by atoms with Crippen molar-refractivity contribution in [3.8, 4) is 0 Å². The molecule has 0 bridgehead atoms. The number of hydrogen-bond acceptors (Lipinski definition) is 1. The molecule has 0 aromatic rings. The monoisotopic (exact) mass is 161 g/mol. The fraction of sp³-hybridized carbons (Fsp3) is 0.600. The topological polar surface area (TPSA) is 26.0 Å². The van der Waals surface area contributed by atoms with Crippen LogP contribution in [0.25, 0.3) is 0 Å². The molecule has 1 saturated carbocycles. The summed E-state index contributed by atoms with van der Waals surface area (Å²) in [5.41, 5.74) is 6.18. The third kappa shape index (κ3) is 0.969. The van der Waals surface area contributed by atoms with Crippen LogP contribution in [0, 0.1) is 5.92 Å². The lowest BCUT2D eigenvalue weighted by atomic mass is 10.3. The van der Waals surface area contributed by atoms with Crippen LogP contribution in [0.2, 0.25) is 0 Å². The van der Waals surface area contributed by atoms with Crippen molar-refractivity contribution in [2.45, 2.75) is 11.2 Å². The summed E-state index contributed by atoms with van der Waals surface area (Å²) in [5, 5.41) is 0. The van der Waals surface area contributed by atoms with Gasteiger partial charge in [-0.1, -0.05) is 22.5 Å². The Morgan fingerprint density at radius 1 is 1.86 bits per heavy atom. The molecule has 0 saturated heterocycles. The van der Waals surface area contributed by atoms with Gasteiger partial charge in [0.05, 0.1) is 0 Å². The molecule has 0 aromatic carbocycles. The van der Waals surface area contributed by atoms with E-state index in [4.69, 9.17) is 5.73 Å². The SMILES string of the molecule is C=C(N)C1CC1Br. The zero-order chi connectivity index (χ0) is 5.44. The molecule has 7 heavy (non-hydrogen) atoms. The van der Waals surface area contributed by atoms with Crippen LogP contribution in [0.5, 0.6) is 0 Å². The fourth-order valence-electron chi connectivity index (χ4n) is 0.548. The second-order valence-electron chi connectivity index (χ2n) is 1.93. The van der Waals surface area contributed by atoms with Crippen LogP contribution in [0.1, 0.15) is 6.42 Å². The summed E-state index contributed by atoms with van der Waals surface area (Å²) in [6.45, 7) is 3.62. The first kappa shape index (κ1) is 5.16. The summed E-state index contributed by atoms with van der Waals surface area (Å²) in [4.78, 5) is 0.630. The van der Waals surface area contributed by atoms with Gasteiger partial charge in [0, 0.05) is 16.4 Å². The van der Waals surface area contributed by atoms with Crippen molar-refractivity contribution in [1.82, 2.24) is 0 Å². The van der Waals surface area contributed by atoms with Gasteiger partial charge in [0.15, 0.2) is 0 Å². The van der Waals surface area contributed by atoms with E-state index in [-0.39, 0.29) is 0 Å². The van der Waals surface area contributed by atoms with Gasteiger partial charge in [0.1, 0.15) is 0 Å². The molecule has 1 aliphatic carbocycles. The molecule has 2 N–H and O–H groups in total. The second-order valence-corrected chi connectivity index (χ2v) is 3.11. The summed E-state index contributed by atoms with van der Waals surface area (Å²) >= 11 is 3.41. The zero-order valence-electron chi connectivity index (χ0n) is 4.02. The highest BCUT2D eigenvalue weighted by Crippen LogP contribution is 2.40. The Morgan fingerprint density at radius 3 is 2.29 bits per heavy atom. The number of allylic oxidation sites excluding steroid dienone is 1. The smallest absolute Gasteiger partial charge is 0.0235 e. The molecule has 0 spiro atoms. The first-order valence-corrected chi connectivity index (χ1v) is 3.21. The van der Waals surface area contributed by atoms with Crippen molar-refractivity contribution < 1.29 is 0 Å². The predicted octanol–water partition coefficient (Wildman–Crippen LogP) is 1.24. The number of halogens is 1. The van der Waals surface area contributed by atoms with Crippen LogP contribution in [-0.2, 0) is 0 Å². The molecule has 2 atom stereocenters. The minimum absolute atomic E-state index is 0.569. The van der Waals surface area contributed by atoms with Crippen molar-refractivity contribution in [3.05, 3.63) is 12.3 Å². The number of alkyl halides is 1. The van der Waals surface area contributed by atoms with Gasteiger partial charge in [-0.15, -0.1) is 0 Å². The number of rotatable bonds is 1. The molecular weight excluding hydrogens is 154 g/mol. The molecule has 0 heterocycles. The summed E-state index contributed by atoms with van der Waals surface area (Å²) in [6, 6.07) is 0. The van der Waals surface area contributed by atoms with Gasteiger partial charge >= 0.3 is 0 Å². The van der Waals surface area contributed by atoms with Gasteiger partial charge in [-0.2, -0.15) is 0 Å². The highest BCUT2D eigenvalue weighted by Gasteiger charge is 2.35. The lowest BCUT2D eigenvalue weighted by Gasteiger charge is -1.87. The van der Waals surface area contributed by atoms with Crippen molar-refractivity contribution in [3.63, 3.8) is 0 Å². The third-order valence-electron chi connectivity index (χ3n) is 1.19. The summed E-state index contributed by atoms with van der Waals surface area (Å²) in [5.74, 6) is 0.569. The van der Waals surface area contributed by atoms with Gasteiger partial charge in [0.25, 0.3) is 0 Å². The standard InChI is InChI=1S/C5H8BrN/c1-3(7)4-2-5(4)6/h4-5H,1-2,7H2. The van der Waals surface area contributed by atoms with E-state index in [1.165, 1.54) is 6.42 Å². The Kier molecular flexibility index (Phi) is 1.11. The highest BCUT2D eigenvalue weighted by molar-refractivity contribution is 9.09. The normalized spacial score (nSPS) is 37.9. The maximum atomic E-state index is 5.36. The van der Waals surface area contributed by atoms with Crippen molar-refractivity contribution in [2.75, 3.05) is 0 Å². The third-order valence-corrected chi connectivity index (χ3v) is 2.20. The van der Waals surface area contributed by atoms with Crippen LogP contribution in [0.15, 0.2) is 12.3 Å². The lowest BCUT2D eigenvalue weighted by Crippen LogP contribution is -1.97. The highest BCUT2D eigenvalue weighted by atomic mass is 79.9. The Morgan fingerprint density at radius 2 is 2.29 bits per heavy atom. The molecule has 1 aliphatic rings. The lowest BCUT2D eigenvalue weighted by molar-refractivity contribution is 0.997. The van der Waals surface area contributed by atoms with E-state index in [2.05, 4.69) is 22.5 Å². The van der Waals surface area contributed by atoms with Crippen LogP contribution in [-0.4, -0.2) is 4.83 Å². The molecule has 1 fully saturated rings. The average Bonchev–Trinajstić information content (AvgIpc) is 2.17. The Bertz CT molecular complexity index is 100. The molecule has 1 rings (SSSR count). The van der Waals surface area contributed by atoms with E-state index in [9.17, 15) is 0 Å². The van der Waals surface area contributed by atoms with Crippen LogP contribution in [0.4, 0.5) is 0 Å². The van der Waals surface area contributed by atoms with Crippen LogP contribution in [0.3, 0.4) is 0 Å². The Labute approximate surface area is 51.7 Å². The molecular formula is C5H8BrN. The van der Waals surface area contributed by atoms with E-state index in [0.29, 0.717) is 10.7 Å². The van der Waals surface area contributed by atoms with Gasteiger partial charge in [-0.25, -0.2) is 0 Å². The molecule has 0 aliphatic heterocycles. The van der Waals surface area contributed by atoms with E-state index >= 15 is 0 Å².